The minimum atomic E-state index is -0.576. The molecule has 0 N–H and O–H groups in total. The summed E-state index contributed by atoms with van der Waals surface area (Å²) in [5.74, 6) is -0.576. The van der Waals surface area contributed by atoms with Gasteiger partial charge in [0.15, 0.2) is 0 Å². The number of nitrogens with zero attached hydrogens (tertiary/aromatic N) is 1. The predicted molar refractivity (Wildman–Crippen MR) is 70.6 cm³/mol. The first-order chi connectivity index (χ1) is 8.69. The minimum Gasteiger partial charge on any atom is -0.364 e. The number of benzene rings is 1. The molecule has 0 aromatic heterocycles. The first-order valence-electron chi connectivity index (χ1n) is 6.05. The van der Waals surface area contributed by atoms with E-state index in [1.807, 2.05) is 32.0 Å². The molecule has 18 heavy (non-hydrogen) atoms. The number of ether oxygens (including phenoxy) is 1. The smallest absolute Gasteiger partial charge is 0.293 e. The highest BCUT2D eigenvalue weighted by atomic mass is 16.5. The van der Waals surface area contributed by atoms with Crippen LogP contribution in [0.15, 0.2) is 18.2 Å². The van der Waals surface area contributed by atoms with Gasteiger partial charge < -0.3 is 4.74 Å². The molecule has 0 aliphatic carbocycles. The van der Waals surface area contributed by atoms with Crippen molar-refractivity contribution >= 4 is 17.9 Å². The van der Waals surface area contributed by atoms with Gasteiger partial charge in [-0.3, -0.25) is 14.5 Å². The zero-order valence-corrected chi connectivity index (χ0v) is 11.1. The highest BCUT2D eigenvalue weighted by molar-refractivity contribution is 6.30. The third-order valence-electron chi connectivity index (χ3n) is 2.86. The number of carbonyl (C=O) groups is 2. The van der Waals surface area contributed by atoms with E-state index in [9.17, 15) is 9.59 Å². The van der Waals surface area contributed by atoms with Crippen molar-refractivity contribution in [3.63, 3.8) is 0 Å². The van der Waals surface area contributed by atoms with Crippen LogP contribution in [-0.2, 0) is 27.2 Å². The molecule has 0 atom stereocenters. The largest absolute Gasteiger partial charge is 0.364 e. The monoisotopic (exact) mass is 249 g/mol. The van der Waals surface area contributed by atoms with Crippen LogP contribution in [0.25, 0.3) is 0 Å². The number of rotatable bonds is 6. The van der Waals surface area contributed by atoms with Crippen molar-refractivity contribution in [1.82, 2.24) is 0 Å². The summed E-state index contributed by atoms with van der Waals surface area (Å²) in [7, 11) is 1.51. The van der Waals surface area contributed by atoms with Crippen molar-refractivity contribution in [1.29, 1.82) is 0 Å². The van der Waals surface area contributed by atoms with Gasteiger partial charge in [0.1, 0.15) is 6.73 Å². The molecule has 1 aromatic carbocycles. The van der Waals surface area contributed by atoms with Crippen LogP contribution >= 0.6 is 0 Å². The van der Waals surface area contributed by atoms with Crippen LogP contribution in [0.5, 0.6) is 0 Å². The summed E-state index contributed by atoms with van der Waals surface area (Å²) < 4.78 is 5.03. The van der Waals surface area contributed by atoms with Crippen LogP contribution in [0, 0.1) is 0 Å². The molecule has 1 aromatic rings. The van der Waals surface area contributed by atoms with Crippen LogP contribution in [0.3, 0.4) is 0 Å². The molecular weight excluding hydrogens is 230 g/mol. The molecular formula is C14H19NO3. The van der Waals surface area contributed by atoms with Crippen LogP contribution in [-0.4, -0.2) is 26.0 Å². The highest BCUT2D eigenvalue weighted by Gasteiger charge is 2.20. The summed E-state index contributed by atoms with van der Waals surface area (Å²) >= 11 is 0. The Hall–Kier alpha value is -1.68. The van der Waals surface area contributed by atoms with E-state index >= 15 is 0 Å². The Bertz CT molecular complexity index is 407. The standard InChI is InChI=1S/C14H19NO3/c1-4-11-7-6-8-12(5-2)14(11)15(10-18-3)13(17)9-16/h6-9H,4-5,10H2,1-3H3. The molecule has 0 saturated carbocycles. The van der Waals surface area contributed by atoms with E-state index in [2.05, 4.69) is 0 Å². The predicted octanol–water partition coefficient (Wildman–Crippen LogP) is 1.95. The van der Waals surface area contributed by atoms with Crippen molar-refractivity contribution in [3.05, 3.63) is 29.3 Å². The molecule has 0 fully saturated rings. The summed E-state index contributed by atoms with van der Waals surface area (Å²) in [6, 6.07) is 5.90. The van der Waals surface area contributed by atoms with Crippen molar-refractivity contribution in [2.75, 3.05) is 18.7 Å². The molecule has 0 aliphatic heterocycles. The average molecular weight is 249 g/mol. The number of hydrogen-bond donors (Lipinski definition) is 0. The van der Waals surface area contributed by atoms with E-state index in [1.54, 1.807) is 0 Å². The normalized spacial score (nSPS) is 10.2. The molecule has 0 spiro atoms. The van der Waals surface area contributed by atoms with Gasteiger partial charge in [-0.2, -0.15) is 0 Å². The van der Waals surface area contributed by atoms with E-state index in [0.29, 0.717) is 6.29 Å². The maximum Gasteiger partial charge on any atom is 0.293 e. The molecule has 0 saturated heterocycles. The molecule has 1 amide bonds. The lowest BCUT2D eigenvalue weighted by Gasteiger charge is -2.24. The molecule has 0 aliphatic rings. The molecule has 98 valence electrons. The molecule has 4 heteroatoms. The van der Waals surface area contributed by atoms with Crippen molar-refractivity contribution in [2.24, 2.45) is 0 Å². The van der Waals surface area contributed by atoms with E-state index in [4.69, 9.17) is 4.74 Å². The zero-order chi connectivity index (χ0) is 13.5. The lowest BCUT2D eigenvalue weighted by molar-refractivity contribution is -0.130. The van der Waals surface area contributed by atoms with E-state index in [1.165, 1.54) is 12.0 Å². The van der Waals surface area contributed by atoms with Crippen LogP contribution in [0.2, 0.25) is 0 Å². The average Bonchev–Trinajstić information content (AvgIpc) is 2.43. The third kappa shape index (κ3) is 2.96. The number of aldehydes is 1. The van der Waals surface area contributed by atoms with E-state index in [-0.39, 0.29) is 6.73 Å². The number of methoxy groups -OCH3 is 1. The Kier molecular flexibility index (Phi) is 5.52. The topological polar surface area (TPSA) is 46.6 Å². The van der Waals surface area contributed by atoms with Gasteiger partial charge in [0.2, 0.25) is 6.29 Å². The van der Waals surface area contributed by atoms with Crippen LogP contribution in [0.1, 0.15) is 25.0 Å². The maximum atomic E-state index is 11.7. The Morgan fingerprint density at radius 3 is 2.22 bits per heavy atom. The van der Waals surface area contributed by atoms with Crippen molar-refractivity contribution < 1.29 is 14.3 Å². The number of amides is 1. The summed E-state index contributed by atoms with van der Waals surface area (Å²) in [6.07, 6.45) is 1.93. The number of anilines is 1. The summed E-state index contributed by atoms with van der Waals surface area (Å²) in [5.41, 5.74) is 2.89. The summed E-state index contributed by atoms with van der Waals surface area (Å²) in [5, 5.41) is 0. The summed E-state index contributed by atoms with van der Waals surface area (Å²) in [6.45, 7) is 4.13. The fraction of sp³-hybridized carbons (Fsp3) is 0.429. The number of para-hydroxylation sites is 1. The molecule has 4 nitrogen and oxygen atoms in total. The van der Waals surface area contributed by atoms with Crippen LogP contribution in [0.4, 0.5) is 5.69 Å². The SMILES string of the molecule is CCc1cccc(CC)c1N(COC)C(=O)C=O. The van der Waals surface area contributed by atoms with Gasteiger partial charge in [-0.1, -0.05) is 32.0 Å². The lowest BCUT2D eigenvalue weighted by atomic mass is 10.0. The van der Waals surface area contributed by atoms with E-state index < -0.39 is 5.91 Å². The van der Waals surface area contributed by atoms with Gasteiger partial charge in [-0.25, -0.2) is 0 Å². The number of carbonyl (C=O) groups excluding carboxylic acids is 2. The Balaban J connectivity index is 3.32. The van der Waals surface area contributed by atoms with Crippen molar-refractivity contribution in [3.8, 4) is 0 Å². The second-order valence-corrected chi connectivity index (χ2v) is 3.93. The molecule has 0 heterocycles. The minimum absolute atomic E-state index is 0.0849. The van der Waals surface area contributed by atoms with Gasteiger partial charge >= 0.3 is 0 Å². The van der Waals surface area contributed by atoms with Gasteiger partial charge in [-0.15, -0.1) is 0 Å². The zero-order valence-electron chi connectivity index (χ0n) is 11.1. The Morgan fingerprint density at radius 1 is 1.28 bits per heavy atom. The van der Waals surface area contributed by atoms with Gasteiger partial charge in [0, 0.05) is 7.11 Å². The quantitative estimate of drug-likeness (QED) is 0.440. The molecule has 0 unspecified atom stereocenters. The lowest BCUT2D eigenvalue weighted by Crippen LogP contribution is -2.35. The highest BCUT2D eigenvalue weighted by Crippen LogP contribution is 2.26. The summed E-state index contributed by atoms with van der Waals surface area (Å²) in [4.78, 5) is 23.9. The number of hydrogen-bond acceptors (Lipinski definition) is 3. The Labute approximate surface area is 108 Å². The van der Waals surface area contributed by atoms with Gasteiger partial charge in [0.25, 0.3) is 5.91 Å². The van der Waals surface area contributed by atoms with Gasteiger partial charge in [0.05, 0.1) is 5.69 Å². The Morgan fingerprint density at radius 2 is 1.83 bits per heavy atom. The molecule has 0 radical (unpaired) electrons. The second-order valence-electron chi connectivity index (χ2n) is 3.93. The first-order valence-corrected chi connectivity index (χ1v) is 6.05. The molecule has 1 rings (SSSR count). The van der Waals surface area contributed by atoms with Crippen LogP contribution < -0.4 is 4.90 Å². The fourth-order valence-corrected chi connectivity index (χ4v) is 1.99. The second kappa shape index (κ2) is 6.91. The molecule has 0 bridgehead atoms. The van der Waals surface area contributed by atoms with Crippen molar-refractivity contribution in [2.45, 2.75) is 26.7 Å². The maximum absolute atomic E-state index is 11.7. The van der Waals surface area contributed by atoms with Gasteiger partial charge in [-0.05, 0) is 24.0 Å². The van der Waals surface area contributed by atoms with E-state index in [0.717, 1.165) is 29.7 Å². The third-order valence-corrected chi connectivity index (χ3v) is 2.86. The fourth-order valence-electron chi connectivity index (χ4n) is 1.99. The first kappa shape index (κ1) is 14.4. The number of aryl methyl sites for hydroxylation is 2.